The normalized spacial score (nSPS) is 10.3. The molecule has 6 nitrogen and oxygen atoms in total. The third kappa shape index (κ3) is 4.79. The summed E-state index contributed by atoms with van der Waals surface area (Å²) in [5.74, 6) is 0.0854. The summed E-state index contributed by atoms with van der Waals surface area (Å²) in [7, 11) is 1.56. The molecule has 0 bridgehead atoms. The van der Waals surface area contributed by atoms with Crippen LogP contribution in [0.1, 0.15) is 33.2 Å². The van der Waals surface area contributed by atoms with Crippen LogP contribution in [0, 0.1) is 6.92 Å². The van der Waals surface area contributed by atoms with Crippen molar-refractivity contribution in [1.29, 1.82) is 0 Å². The zero-order valence-corrected chi connectivity index (χ0v) is 16.7. The Morgan fingerprint density at radius 3 is 2.52 bits per heavy atom. The number of nitrogens with one attached hydrogen (secondary N) is 1. The van der Waals surface area contributed by atoms with E-state index in [0.29, 0.717) is 29.1 Å². The number of amides is 2. The largest absolute Gasteiger partial charge is 0.497 e. The highest BCUT2D eigenvalue weighted by Gasteiger charge is 2.18. The van der Waals surface area contributed by atoms with Crippen molar-refractivity contribution in [3.63, 3.8) is 0 Å². The fourth-order valence-corrected chi connectivity index (χ4v) is 2.98. The highest BCUT2D eigenvalue weighted by Crippen LogP contribution is 2.20. The van der Waals surface area contributed by atoms with Crippen molar-refractivity contribution in [1.82, 2.24) is 4.98 Å². The fourth-order valence-electron chi connectivity index (χ4n) is 2.98. The van der Waals surface area contributed by atoms with Crippen molar-refractivity contribution in [2.45, 2.75) is 13.8 Å². The average molecular weight is 389 g/mol. The Bertz CT molecular complexity index is 1030. The zero-order chi connectivity index (χ0) is 20.8. The molecule has 0 aliphatic carbocycles. The van der Waals surface area contributed by atoms with Gasteiger partial charge in [0.25, 0.3) is 11.8 Å². The Hall–Kier alpha value is -3.67. The van der Waals surface area contributed by atoms with Gasteiger partial charge in [0.2, 0.25) is 0 Å². The second-order valence-corrected chi connectivity index (χ2v) is 6.54. The second kappa shape index (κ2) is 9.01. The molecule has 29 heavy (non-hydrogen) atoms. The number of carbonyl (C=O) groups is 2. The second-order valence-electron chi connectivity index (χ2n) is 6.54. The summed E-state index contributed by atoms with van der Waals surface area (Å²) >= 11 is 0. The Labute approximate surface area is 170 Å². The number of methoxy groups -OCH3 is 1. The lowest BCUT2D eigenvalue weighted by atomic mass is 10.1. The molecule has 0 saturated carbocycles. The van der Waals surface area contributed by atoms with Gasteiger partial charge in [-0.1, -0.05) is 18.2 Å². The third-order valence-electron chi connectivity index (χ3n) is 4.45. The van der Waals surface area contributed by atoms with E-state index in [9.17, 15) is 9.59 Å². The van der Waals surface area contributed by atoms with Crippen LogP contribution < -0.4 is 15.0 Å². The van der Waals surface area contributed by atoms with Crippen LogP contribution in [0.4, 0.5) is 11.4 Å². The Balaban J connectivity index is 1.82. The first kappa shape index (κ1) is 20.1. The van der Waals surface area contributed by atoms with Gasteiger partial charge in [-0.2, -0.15) is 0 Å². The number of nitrogens with zero attached hydrogens (tertiary/aromatic N) is 2. The van der Waals surface area contributed by atoms with Crippen LogP contribution in [0.5, 0.6) is 5.75 Å². The third-order valence-corrected chi connectivity index (χ3v) is 4.45. The quantitative estimate of drug-likeness (QED) is 0.682. The van der Waals surface area contributed by atoms with Crippen LogP contribution in [0.3, 0.4) is 0 Å². The number of hydrogen-bond donors (Lipinski definition) is 1. The van der Waals surface area contributed by atoms with Crippen molar-refractivity contribution in [2.75, 3.05) is 23.9 Å². The standard InChI is InChI=1S/C23H23N3O3/c1-4-26(20-9-5-7-16(2)11-20)23(28)18-12-17(14-24-15-18)22(27)25-19-8-6-10-21(13-19)29-3/h5-15H,4H2,1-3H3,(H,25,27). The molecule has 0 radical (unpaired) electrons. The van der Waals surface area contributed by atoms with E-state index in [1.54, 1.807) is 42.3 Å². The van der Waals surface area contributed by atoms with Crippen LogP contribution in [0.2, 0.25) is 0 Å². The monoisotopic (exact) mass is 389 g/mol. The SMILES string of the molecule is CCN(C(=O)c1cncc(C(=O)Nc2cccc(OC)c2)c1)c1cccc(C)c1. The molecule has 0 aliphatic rings. The fraction of sp³-hybridized carbons (Fsp3) is 0.174. The number of benzene rings is 2. The van der Waals surface area contributed by atoms with Crippen molar-refractivity contribution in [3.05, 3.63) is 83.7 Å². The molecule has 0 saturated heterocycles. The minimum Gasteiger partial charge on any atom is -0.497 e. The summed E-state index contributed by atoms with van der Waals surface area (Å²) in [6, 6.07) is 16.4. The smallest absolute Gasteiger partial charge is 0.259 e. The van der Waals surface area contributed by atoms with Gasteiger partial charge in [0.1, 0.15) is 5.75 Å². The Morgan fingerprint density at radius 1 is 1.03 bits per heavy atom. The summed E-state index contributed by atoms with van der Waals surface area (Å²) in [4.78, 5) is 31.4. The van der Waals surface area contributed by atoms with Crippen LogP contribution in [-0.4, -0.2) is 30.5 Å². The highest BCUT2D eigenvalue weighted by atomic mass is 16.5. The van der Waals surface area contributed by atoms with E-state index in [1.807, 2.05) is 38.1 Å². The van der Waals surface area contributed by atoms with Gasteiger partial charge in [-0.15, -0.1) is 0 Å². The number of ether oxygens (including phenoxy) is 1. The molecule has 1 aromatic heterocycles. The first-order chi connectivity index (χ1) is 14.0. The van der Waals surface area contributed by atoms with E-state index in [-0.39, 0.29) is 11.8 Å². The molecule has 2 amide bonds. The Morgan fingerprint density at radius 2 is 1.79 bits per heavy atom. The maximum Gasteiger partial charge on any atom is 0.259 e. The predicted octanol–water partition coefficient (Wildman–Crippen LogP) is 4.32. The molecule has 0 atom stereocenters. The number of aromatic nitrogens is 1. The summed E-state index contributed by atoms with van der Waals surface area (Å²) in [6.45, 7) is 4.39. The summed E-state index contributed by atoms with van der Waals surface area (Å²) in [6.07, 6.45) is 2.92. The van der Waals surface area contributed by atoms with E-state index in [2.05, 4.69) is 10.3 Å². The van der Waals surface area contributed by atoms with E-state index < -0.39 is 0 Å². The van der Waals surface area contributed by atoms with Crippen molar-refractivity contribution >= 4 is 23.2 Å². The van der Waals surface area contributed by atoms with E-state index in [1.165, 1.54) is 12.4 Å². The van der Waals surface area contributed by atoms with Gasteiger partial charge in [0.15, 0.2) is 0 Å². The van der Waals surface area contributed by atoms with E-state index in [4.69, 9.17) is 4.74 Å². The molecule has 1 N–H and O–H groups in total. The van der Waals surface area contributed by atoms with Crippen LogP contribution >= 0.6 is 0 Å². The van der Waals surface area contributed by atoms with Gasteiger partial charge < -0.3 is 15.0 Å². The van der Waals surface area contributed by atoms with Gasteiger partial charge in [-0.25, -0.2) is 0 Å². The first-order valence-corrected chi connectivity index (χ1v) is 9.31. The lowest BCUT2D eigenvalue weighted by molar-refractivity contribution is 0.0988. The maximum absolute atomic E-state index is 13.0. The van der Waals surface area contributed by atoms with Gasteiger partial charge >= 0.3 is 0 Å². The van der Waals surface area contributed by atoms with Crippen LogP contribution in [0.15, 0.2) is 67.0 Å². The lowest BCUT2D eigenvalue weighted by Gasteiger charge is -2.21. The van der Waals surface area contributed by atoms with Gasteiger partial charge in [0, 0.05) is 36.4 Å². The Kier molecular flexibility index (Phi) is 6.24. The molecule has 2 aromatic carbocycles. The summed E-state index contributed by atoms with van der Waals surface area (Å²) in [5, 5.41) is 2.80. The minimum absolute atomic E-state index is 0.207. The topological polar surface area (TPSA) is 71.5 Å². The number of pyridine rings is 1. The molecule has 0 spiro atoms. The summed E-state index contributed by atoms with van der Waals surface area (Å²) < 4.78 is 5.17. The van der Waals surface area contributed by atoms with Crippen molar-refractivity contribution < 1.29 is 14.3 Å². The molecule has 0 fully saturated rings. The molecular weight excluding hydrogens is 366 g/mol. The zero-order valence-electron chi connectivity index (χ0n) is 16.7. The van der Waals surface area contributed by atoms with Gasteiger partial charge in [-0.3, -0.25) is 14.6 Å². The predicted molar refractivity (Wildman–Crippen MR) is 114 cm³/mol. The molecule has 1 heterocycles. The summed E-state index contributed by atoms with van der Waals surface area (Å²) in [5.41, 5.74) is 3.13. The molecule has 148 valence electrons. The van der Waals surface area contributed by atoms with Crippen LogP contribution in [-0.2, 0) is 0 Å². The van der Waals surface area contributed by atoms with Crippen molar-refractivity contribution in [2.24, 2.45) is 0 Å². The van der Waals surface area contributed by atoms with Gasteiger partial charge in [-0.05, 0) is 49.7 Å². The molecule has 6 heteroatoms. The molecule has 0 unspecified atom stereocenters. The van der Waals surface area contributed by atoms with E-state index in [0.717, 1.165) is 11.3 Å². The first-order valence-electron chi connectivity index (χ1n) is 9.31. The van der Waals surface area contributed by atoms with Crippen molar-refractivity contribution in [3.8, 4) is 5.75 Å². The average Bonchev–Trinajstić information content (AvgIpc) is 2.74. The lowest BCUT2D eigenvalue weighted by Crippen LogP contribution is -2.31. The molecule has 3 aromatic rings. The van der Waals surface area contributed by atoms with E-state index >= 15 is 0 Å². The number of anilines is 2. The van der Waals surface area contributed by atoms with Crippen LogP contribution in [0.25, 0.3) is 0 Å². The molecule has 0 aliphatic heterocycles. The number of rotatable bonds is 6. The van der Waals surface area contributed by atoms with Gasteiger partial charge in [0.05, 0.1) is 18.2 Å². The number of carbonyl (C=O) groups excluding carboxylic acids is 2. The minimum atomic E-state index is -0.348. The highest BCUT2D eigenvalue weighted by molar-refractivity contribution is 6.09. The number of aryl methyl sites for hydroxylation is 1. The molecular formula is C23H23N3O3. The number of hydrogen-bond acceptors (Lipinski definition) is 4. The maximum atomic E-state index is 13.0. The molecule has 3 rings (SSSR count).